The number of piperidine rings is 2. The average molecular weight is 412 g/mol. The zero-order valence-electron chi connectivity index (χ0n) is 17.4. The van der Waals surface area contributed by atoms with E-state index in [9.17, 15) is 9.90 Å². The quantitative estimate of drug-likeness (QED) is 0.644. The van der Waals surface area contributed by atoms with Crippen LogP contribution in [0.4, 0.5) is 29.2 Å². The fraction of sp³-hybridized carbons (Fsp3) is 0.524. The minimum absolute atomic E-state index is 0.0169. The highest BCUT2D eigenvalue weighted by atomic mass is 16.3. The van der Waals surface area contributed by atoms with Crippen LogP contribution in [-0.4, -0.2) is 52.1 Å². The number of nitrogens with zero attached hydrogens (tertiary/aromatic N) is 5. The molecule has 1 amide bonds. The Hall–Kier alpha value is -3.10. The highest BCUT2D eigenvalue weighted by molar-refractivity contribution is 5.90. The first-order valence-electron chi connectivity index (χ1n) is 10.7. The van der Waals surface area contributed by atoms with E-state index in [1.165, 1.54) is 19.8 Å². The third-order valence-electron chi connectivity index (χ3n) is 5.45. The zero-order chi connectivity index (χ0) is 20.9. The van der Waals surface area contributed by atoms with Gasteiger partial charge in [-0.15, -0.1) is 0 Å². The van der Waals surface area contributed by atoms with Crippen molar-refractivity contribution >= 4 is 35.1 Å². The van der Waals surface area contributed by atoms with Crippen LogP contribution in [-0.2, 0) is 4.79 Å². The maximum atomic E-state index is 11.2. The standard InChI is InChI=1S/C21H29N7O2/c1-15(29)22-17-9-8-16(14-18(17)30)23-19-24-20(27-10-4-2-5-11-27)26-21(25-19)28-12-6-3-7-13-28/h8-9,14,30H,2-7,10-13H2,1H3,(H,22,29)(H,23,24,25,26). The van der Waals surface area contributed by atoms with Gasteiger partial charge in [-0.05, 0) is 50.7 Å². The van der Waals surface area contributed by atoms with Crippen molar-refractivity contribution in [3.8, 4) is 5.75 Å². The predicted molar refractivity (Wildman–Crippen MR) is 118 cm³/mol. The second-order valence-electron chi connectivity index (χ2n) is 7.89. The summed E-state index contributed by atoms with van der Waals surface area (Å²) in [6, 6.07) is 4.98. The molecule has 0 atom stereocenters. The number of aromatic hydroxyl groups is 1. The van der Waals surface area contributed by atoms with Crippen LogP contribution in [0.15, 0.2) is 18.2 Å². The minimum Gasteiger partial charge on any atom is -0.506 e. The van der Waals surface area contributed by atoms with Gasteiger partial charge in [-0.25, -0.2) is 0 Å². The molecule has 2 saturated heterocycles. The molecule has 9 heteroatoms. The molecule has 1 aromatic heterocycles. The van der Waals surface area contributed by atoms with E-state index in [1.54, 1.807) is 18.2 Å². The van der Waals surface area contributed by atoms with Gasteiger partial charge in [0.25, 0.3) is 0 Å². The van der Waals surface area contributed by atoms with Gasteiger partial charge in [0.2, 0.25) is 23.8 Å². The summed E-state index contributed by atoms with van der Waals surface area (Å²) in [7, 11) is 0. The van der Waals surface area contributed by atoms with E-state index in [4.69, 9.17) is 4.98 Å². The summed E-state index contributed by atoms with van der Waals surface area (Å²) >= 11 is 0. The molecule has 3 N–H and O–H groups in total. The lowest BCUT2D eigenvalue weighted by Crippen LogP contribution is -2.34. The Morgan fingerprint density at radius 2 is 1.47 bits per heavy atom. The third kappa shape index (κ3) is 4.90. The molecule has 1 aromatic carbocycles. The number of hydrogen-bond acceptors (Lipinski definition) is 8. The number of carbonyl (C=O) groups excluding carboxylic acids is 1. The Kier molecular flexibility index (Phi) is 6.15. The monoisotopic (exact) mass is 411 g/mol. The minimum atomic E-state index is -0.235. The Morgan fingerprint density at radius 1 is 0.900 bits per heavy atom. The third-order valence-corrected chi connectivity index (χ3v) is 5.45. The summed E-state index contributed by atoms with van der Waals surface area (Å²) in [5, 5.41) is 16.0. The van der Waals surface area contributed by atoms with Gasteiger partial charge in [0.1, 0.15) is 5.75 Å². The van der Waals surface area contributed by atoms with Gasteiger partial charge in [0.05, 0.1) is 5.69 Å². The van der Waals surface area contributed by atoms with Crippen LogP contribution in [0.25, 0.3) is 0 Å². The normalized spacial score (nSPS) is 17.0. The van der Waals surface area contributed by atoms with Gasteiger partial charge in [0.15, 0.2) is 0 Å². The number of phenolic OH excluding ortho intramolecular Hbond substituents is 1. The van der Waals surface area contributed by atoms with E-state index in [1.807, 2.05) is 0 Å². The van der Waals surface area contributed by atoms with Crippen molar-refractivity contribution in [3.05, 3.63) is 18.2 Å². The molecule has 0 unspecified atom stereocenters. The maximum absolute atomic E-state index is 11.2. The predicted octanol–water partition coefficient (Wildman–Crippen LogP) is 3.26. The SMILES string of the molecule is CC(=O)Nc1ccc(Nc2nc(N3CCCCC3)nc(N3CCCCC3)n2)cc1O. The van der Waals surface area contributed by atoms with E-state index in [0.717, 1.165) is 51.9 Å². The van der Waals surface area contributed by atoms with E-state index >= 15 is 0 Å². The first-order chi connectivity index (χ1) is 14.6. The van der Waals surface area contributed by atoms with Gasteiger partial charge in [-0.2, -0.15) is 15.0 Å². The summed E-state index contributed by atoms with van der Waals surface area (Å²) < 4.78 is 0. The molecule has 0 spiro atoms. The molecule has 9 nitrogen and oxygen atoms in total. The highest BCUT2D eigenvalue weighted by Gasteiger charge is 2.20. The first-order valence-corrected chi connectivity index (χ1v) is 10.7. The van der Waals surface area contributed by atoms with Crippen molar-refractivity contribution in [1.29, 1.82) is 0 Å². The van der Waals surface area contributed by atoms with Crippen LogP contribution >= 0.6 is 0 Å². The number of phenols is 1. The number of hydrogen-bond donors (Lipinski definition) is 3. The fourth-order valence-electron chi connectivity index (χ4n) is 3.91. The lowest BCUT2D eigenvalue weighted by atomic mass is 10.1. The van der Waals surface area contributed by atoms with Crippen molar-refractivity contribution in [2.75, 3.05) is 46.6 Å². The molecule has 2 fully saturated rings. The summed E-state index contributed by atoms with van der Waals surface area (Å²) in [5.74, 6) is 1.61. The number of nitrogens with one attached hydrogen (secondary N) is 2. The largest absolute Gasteiger partial charge is 0.506 e. The molecule has 2 aromatic rings. The summed E-state index contributed by atoms with van der Waals surface area (Å²) in [4.78, 5) is 29.8. The van der Waals surface area contributed by atoms with Crippen LogP contribution in [0.2, 0.25) is 0 Å². The molecule has 30 heavy (non-hydrogen) atoms. The molecular formula is C21H29N7O2. The Bertz CT molecular complexity index is 857. The summed E-state index contributed by atoms with van der Waals surface area (Å²) in [6.07, 6.45) is 7.06. The Morgan fingerprint density at radius 3 is 1.97 bits per heavy atom. The lowest BCUT2D eigenvalue weighted by molar-refractivity contribution is -0.114. The lowest BCUT2D eigenvalue weighted by Gasteiger charge is -2.30. The van der Waals surface area contributed by atoms with Crippen LogP contribution in [0.1, 0.15) is 45.4 Å². The maximum Gasteiger partial charge on any atom is 0.233 e. The van der Waals surface area contributed by atoms with Crippen molar-refractivity contribution < 1.29 is 9.90 Å². The van der Waals surface area contributed by atoms with Crippen LogP contribution in [0, 0.1) is 0 Å². The number of amides is 1. The number of aromatic nitrogens is 3. The Balaban J connectivity index is 1.60. The van der Waals surface area contributed by atoms with Crippen molar-refractivity contribution in [2.45, 2.75) is 45.4 Å². The molecule has 0 aliphatic carbocycles. The van der Waals surface area contributed by atoms with E-state index in [2.05, 4.69) is 30.4 Å². The van der Waals surface area contributed by atoms with Gasteiger partial charge >= 0.3 is 0 Å². The van der Waals surface area contributed by atoms with Crippen LogP contribution < -0.4 is 20.4 Å². The van der Waals surface area contributed by atoms with Gasteiger partial charge in [-0.3, -0.25) is 4.79 Å². The van der Waals surface area contributed by atoms with Crippen LogP contribution in [0.5, 0.6) is 5.75 Å². The number of rotatable bonds is 5. The van der Waals surface area contributed by atoms with Gasteiger partial charge < -0.3 is 25.5 Å². The highest BCUT2D eigenvalue weighted by Crippen LogP contribution is 2.29. The average Bonchev–Trinajstić information content (AvgIpc) is 2.76. The second kappa shape index (κ2) is 9.15. The topological polar surface area (TPSA) is 107 Å². The first kappa shape index (κ1) is 20.2. The van der Waals surface area contributed by atoms with Gasteiger partial charge in [-0.1, -0.05) is 0 Å². The molecular weight excluding hydrogens is 382 g/mol. The van der Waals surface area contributed by atoms with Crippen molar-refractivity contribution in [2.24, 2.45) is 0 Å². The summed E-state index contributed by atoms with van der Waals surface area (Å²) in [6.45, 7) is 5.22. The second-order valence-corrected chi connectivity index (χ2v) is 7.89. The van der Waals surface area contributed by atoms with E-state index in [0.29, 0.717) is 29.2 Å². The summed E-state index contributed by atoms with van der Waals surface area (Å²) in [5.41, 5.74) is 1.01. The molecule has 4 rings (SSSR count). The fourth-order valence-corrected chi connectivity index (χ4v) is 3.91. The smallest absolute Gasteiger partial charge is 0.233 e. The van der Waals surface area contributed by atoms with Crippen molar-refractivity contribution in [3.63, 3.8) is 0 Å². The molecule has 2 aliphatic heterocycles. The molecule has 3 heterocycles. The van der Waals surface area contributed by atoms with Crippen molar-refractivity contribution in [1.82, 2.24) is 15.0 Å². The number of carbonyl (C=O) groups is 1. The molecule has 160 valence electrons. The van der Waals surface area contributed by atoms with Crippen LogP contribution in [0.3, 0.4) is 0 Å². The zero-order valence-corrected chi connectivity index (χ0v) is 17.4. The molecule has 0 radical (unpaired) electrons. The van der Waals surface area contributed by atoms with E-state index in [-0.39, 0.29) is 11.7 Å². The molecule has 2 aliphatic rings. The number of benzene rings is 1. The molecule has 0 saturated carbocycles. The van der Waals surface area contributed by atoms with Gasteiger partial charge in [0, 0.05) is 44.9 Å². The Labute approximate surface area is 176 Å². The number of anilines is 5. The molecule has 0 bridgehead atoms. The van der Waals surface area contributed by atoms with E-state index < -0.39 is 0 Å².